The molecule has 0 bridgehead atoms. The van der Waals surface area contributed by atoms with E-state index >= 15 is 0 Å². The van der Waals surface area contributed by atoms with Crippen molar-refractivity contribution >= 4 is 5.69 Å². The third-order valence-electron chi connectivity index (χ3n) is 4.23. The fraction of sp³-hybridized carbons (Fsp3) is 0.474. The van der Waals surface area contributed by atoms with Gasteiger partial charge in [0, 0.05) is 19.2 Å². The largest absolute Gasteiger partial charge is 0.477 e. The summed E-state index contributed by atoms with van der Waals surface area (Å²) in [5, 5.41) is 0. The molecule has 0 amide bonds. The van der Waals surface area contributed by atoms with E-state index in [9.17, 15) is 39.5 Å². The Kier molecular flexibility index (Phi) is 7.71. The van der Waals surface area contributed by atoms with E-state index in [2.05, 4.69) is 9.98 Å². The number of ether oxygens (including phenoxy) is 1. The average Bonchev–Trinajstić information content (AvgIpc) is 2.65. The van der Waals surface area contributed by atoms with Crippen LogP contribution in [-0.2, 0) is 25.1 Å². The standard InChI is InChI=1S/C19H19F9N4O/c1-4-32-15(33-8-7-31(2)3)10-14(19(26,27)28)30-16(32)29-13-6-5-11(17(20,21)22)9-12(13)18(23,24)25/h5-6,9-10H,4,7-8H2,1-3H3. The lowest BCUT2D eigenvalue weighted by molar-refractivity contribution is -0.143. The van der Waals surface area contributed by atoms with Crippen molar-refractivity contribution in [2.24, 2.45) is 4.99 Å². The highest BCUT2D eigenvalue weighted by molar-refractivity contribution is 5.50. The Hall–Kier alpha value is -2.77. The van der Waals surface area contributed by atoms with Crippen molar-refractivity contribution < 1.29 is 44.3 Å². The number of halogens is 9. The second-order valence-corrected chi connectivity index (χ2v) is 7.01. The van der Waals surface area contributed by atoms with E-state index in [1.807, 2.05) is 0 Å². The second kappa shape index (κ2) is 9.61. The lowest BCUT2D eigenvalue weighted by atomic mass is 10.1. The third-order valence-corrected chi connectivity index (χ3v) is 4.23. The van der Waals surface area contributed by atoms with Crippen LogP contribution in [0, 0.1) is 0 Å². The summed E-state index contributed by atoms with van der Waals surface area (Å²) in [6.45, 7) is 1.63. The van der Waals surface area contributed by atoms with Crippen LogP contribution < -0.4 is 10.4 Å². The van der Waals surface area contributed by atoms with Crippen LogP contribution in [-0.4, -0.2) is 41.7 Å². The molecule has 0 aliphatic rings. The zero-order chi connectivity index (χ0) is 25.2. The molecule has 1 aromatic carbocycles. The molecule has 0 spiro atoms. The van der Waals surface area contributed by atoms with Crippen molar-refractivity contribution in [1.82, 2.24) is 14.5 Å². The third kappa shape index (κ3) is 6.85. The van der Waals surface area contributed by atoms with Crippen LogP contribution in [0.3, 0.4) is 0 Å². The van der Waals surface area contributed by atoms with Crippen LogP contribution >= 0.6 is 0 Å². The lowest BCUT2D eigenvalue weighted by Gasteiger charge is -2.18. The van der Waals surface area contributed by atoms with Gasteiger partial charge in [-0.2, -0.15) is 39.5 Å². The van der Waals surface area contributed by atoms with E-state index in [1.165, 1.54) is 6.92 Å². The van der Waals surface area contributed by atoms with E-state index in [-0.39, 0.29) is 25.1 Å². The highest BCUT2D eigenvalue weighted by Crippen LogP contribution is 2.40. The van der Waals surface area contributed by atoms with Crippen LogP contribution in [0.1, 0.15) is 23.7 Å². The summed E-state index contributed by atoms with van der Waals surface area (Å²) in [5.41, 5.74) is -6.66. The van der Waals surface area contributed by atoms with Gasteiger partial charge in [0.25, 0.3) is 0 Å². The summed E-state index contributed by atoms with van der Waals surface area (Å²) < 4.78 is 125. The van der Waals surface area contributed by atoms with Crippen LogP contribution in [0.4, 0.5) is 45.2 Å². The van der Waals surface area contributed by atoms with Gasteiger partial charge in [-0.25, -0.2) is 9.98 Å². The number of benzene rings is 1. The number of aromatic nitrogens is 2. The van der Waals surface area contributed by atoms with Gasteiger partial charge in [0.05, 0.1) is 16.8 Å². The van der Waals surface area contributed by atoms with Gasteiger partial charge in [-0.3, -0.25) is 4.57 Å². The minimum Gasteiger partial charge on any atom is -0.477 e. The first-order valence-electron chi connectivity index (χ1n) is 9.33. The molecule has 0 saturated heterocycles. The molecule has 1 aromatic heterocycles. The fourth-order valence-electron chi connectivity index (χ4n) is 2.62. The minimum atomic E-state index is -5.26. The van der Waals surface area contributed by atoms with Gasteiger partial charge < -0.3 is 9.64 Å². The predicted molar refractivity (Wildman–Crippen MR) is 98.6 cm³/mol. The van der Waals surface area contributed by atoms with Crippen molar-refractivity contribution in [3.63, 3.8) is 0 Å². The first-order chi connectivity index (χ1) is 15.0. The molecule has 184 valence electrons. The summed E-state index contributed by atoms with van der Waals surface area (Å²) in [6, 6.07) is 1.21. The van der Waals surface area contributed by atoms with Crippen LogP contribution in [0.5, 0.6) is 5.88 Å². The number of nitrogens with zero attached hydrogens (tertiary/aromatic N) is 4. The van der Waals surface area contributed by atoms with Crippen molar-refractivity contribution in [2.75, 3.05) is 27.2 Å². The van der Waals surface area contributed by atoms with Crippen molar-refractivity contribution in [3.8, 4) is 5.88 Å². The van der Waals surface area contributed by atoms with Gasteiger partial charge in [0.1, 0.15) is 6.61 Å². The first-order valence-corrected chi connectivity index (χ1v) is 9.33. The lowest BCUT2D eigenvalue weighted by Crippen LogP contribution is -2.30. The number of rotatable bonds is 6. The van der Waals surface area contributed by atoms with Gasteiger partial charge in [-0.1, -0.05) is 0 Å². The van der Waals surface area contributed by atoms with Crippen LogP contribution in [0.2, 0.25) is 0 Å². The van der Waals surface area contributed by atoms with Crippen LogP contribution in [0.15, 0.2) is 29.3 Å². The van der Waals surface area contributed by atoms with E-state index in [0.29, 0.717) is 24.7 Å². The SMILES string of the molecule is CCn1c(OCCN(C)C)cc(C(F)(F)F)nc1=Nc1ccc(C(F)(F)F)cc1C(F)(F)F. The first kappa shape index (κ1) is 26.5. The van der Waals surface area contributed by atoms with Gasteiger partial charge in [0.15, 0.2) is 11.6 Å². The molecule has 2 aromatic rings. The normalized spacial score (nSPS) is 13.7. The monoisotopic (exact) mass is 490 g/mol. The number of hydrogen-bond donors (Lipinski definition) is 0. The molecular weight excluding hydrogens is 471 g/mol. The number of alkyl halides is 9. The molecule has 33 heavy (non-hydrogen) atoms. The zero-order valence-electron chi connectivity index (χ0n) is 17.5. The molecule has 0 unspecified atom stereocenters. The summed E-state index contributed by atoms with van der Waals surface area (Å²) in [5.74, 6) is -0.360. The summed E-state index contributed by atoms with van der Waals surface area (Å²) in [4.78, 5) is 8.54. The van der Waals surface area contributed by atoms with Gasteiger partial charge >= 0.3 is 18.5 Å². The molecule has 0 aliphatic heterocycles. The minimum absolute atomic E-state index is 0.0537. The van der Waals surface area contributed by atoms with Gasteiger partial charge in [-0.15, -0.1) is 0 Å². The maximum Gasteiger partial charge on any atom is 0.433 e. The maximum absolute atomic E-state index is 13.4. The Labute approximate surface area is 182 Å². The summed E-state index contributed by atoms with van der Waals surface area (Å²) in [7, 11) is 3.38. The van der Waals surface area contributed by atoms with Crippen LogP contribution in [0.25, 0.3) is 0 Å². The topological polar surface area (TPSA) is 42.6 Å². The Morgan fingerprint density at radius 1 is 0.939 bits per heavy atom. The van der Waals surface area contributed by atoms with Crippen molar-refractivity contribution in [3.05, 3.63) is 46.7 Å². The average molecular weight is 490 g/mol. The Bertz CT molecular complexity index is 1040. The predicted octanol–water partition coefficient (Wildman–Crippen LogP) is 5.13. The van der Waals surface area contributed by atoms with E-state index in [1.54, 1.807) is 19.0 Å². The Balaban J connectivity index is 2.77. The maximum atomic E-state index is 13.4. The molecule has 0 radical (unpaired) electrons. The molecule has 0 aliphatic carbocycles. The highest BCUT2D eigenvalue weighted by atomic mass is 19.4. The molecule has 2 rings (SSSR count). The summed E-state index contributed by atoms with van der Waals surface area (Å²) >= 11 is 0. The van der Waals surface area contributed by atoms with Gasteiger partial charge in [-0.05, 0) is 39.2 Å². The highest BCUT2D eigenvalue weighted by Gasteiger charge is 2.39. The number of likely N-dealkylation sites (N-methyl/N-ethyl adjacent to an activating group) is 1. The molecule has 5 nitrogen and oxygen atoms in total. The quantitative estimate of drug-likeness (QED) is 0.528. The molecule has 0 saturated carbocycles. The van der Waals surface area contributed by atoms with E-state index in [4.69, 9.17) is 4.74 Å². The smallest absolute Gasteiger partial charge is 0.433 e. The molecule has 0 fully saturated rings. The molecular formula is C19H19F9N4O. The molecule has 0 atom stereocenters. The van der Waals surface area contributed by atoms with E-state index < -0.39 is 46.7 Å². The summed E-state index contributed by atoms with van der Waals surface area (Å²) in [6.07, 6.45) is -15.3. The van der Waals surface area contributed by atoms with E-state index in [0.717, 1.165) is 4.57 Å². The molecule has 0 N–H and O–H groups in total. The fourth-order valence-corrected chi connectivity index (χ4v) is 2.62. The van der Waals surface area contributed by atoms with Gasteiger partial charge in [0.2, 0.25) is 5.62 Å². The van der Waals surface area contributed by atoms with Crippen molar-refractivity contribution in [1.29, 1.82) is 0 Å². The number of hydrogen-bond acceptors (Lipinski definition) is 4. The zero-order valence-corrected chi connectivity index (χ0v) is 17.5. The Morgan fingerprint density at radius 2 is 1.58 bits per heavy atom. The second-order valence-electron chi connectivity index (χ2n) is 7.01. The Morgan fingerprint density at radius 3 is 2.06 bits per heavy atom. The van der Waals surface area contributed by atoms with Crippen molar-refractivity contribution in [2.45, 2.75) is 32.0 Å². The molecule has 14 heteroatoms. The molecule has 1 heterocycles.